The van der Waals surface area contributed by atoms with Crippen molar-refractivity contribution >= 4 is 23.5 Å². The molecule has 0 fully saturated rings. The molecule has 28 heavy (non-hydrogen) atoms. The third-order valence-corrected chi connectivity index (χ3v) is 7.63. The van der Waals surface area contributed by atoms with Crippen molar-refractivity contribution in [2.24, 2.45) is 0 Å². The third-order valence-electron chi connectivity index (χ3n) is 5.56. The van der Waals surface area contributed by atoms with Gasteiger partial charge in [0.1, 0.15) is 10.1 Å². The minimum absolute atomic E-state index is 0.551. The first-order valence-corrected chi connectivity index (χ1v) is 12.7. The highest BCUT2D eigenvalue weighted by Gasteiger charge is 2.22. The Labute approximate surface area is 178 Å². The molecule has 0 N–H and O–H groups in total. The number of aromatic nitrogens is 2. The smallest absolute Gasteiger partial charge is 0.100 e. The first-order chi connectivity index (χ1) is 13.5. The van der Waals surface area contributed by atoms with E-state index in [2.05, 4.69) is 39.8 Å². The van der Waals surface area contributed by atoms with Gasteiger partial charge in [-0.25, -0.2) is 9.97 Å². The Bertz CT molecular complexity index is 858. The van der Waals surface area contributed by atoms with Gasteiger partial charge < -0.3 is 0 Å². The molecule has 0 bridgehead atoms. The van der Waals surface area contributed by atoms with Crippen LogP contribution in [0.5, 0.6) is 0 Å². The van der Waals surface area contributed by atoms with Gasteiger partial charge in [-0.15, -0.1) is 23.5 Å². The largest absolute Gasteiger partial charge is 0.240 e. The van der Waals surface area contributed by atoms with Crippen molar-refractivity contribution in [2.45, 2.75) is 99.6 Å². The Hall–Kier alpha value is -1.00. The van der Waals surface area contributed by atoms with Crippen molar-refractivity contribution in [1.29, 1.82) is 0 Å². The van der Waals surface area contributed by atoms with Gasteiger partial charge in [0.05, 0.1) is 11.4 Å². The molecule has 0 spiro atoms. The van der Waals surface area contributed by atoms with Gasteiger partial charge in [-0.3, -0.25) is 0 Å². The van der Waals surface area contributed by atoms with Crippen molar-refractivity contribution in [1.82, 2.24) is 9.97 Å². The quantitative estimate of drug-likeness (QED) is 0.394. The lowest BCUT2D eigenvalue weighted by Crippen LogP contribution is -2.04. The molecule has 2 aromatic rings. The fraction of sp³-hybridized carbons (Fsp3) is 0.583. The van der Waals surface area contributed by atoms with E-state index in [1.807, 2.05) is 23.5 Å². The van der Waals surface area contributed by atoms with Crippen LogP contribution in [0, 0.1) is 0 Å². The summed E-state index contributed by atoms with van der Waals surface area (Å²) < 4.78 is 0. The summed E-state index contributed by atoms with van der Waals surface area (Å²) in [6, 6.07) is 4.69. The molecule has 0 amide bonds. The maximum Gasteiger partial charge on any atom is 0.100 e. The van der Waals surface area contributed by atoms with Gasteiger partial charge in [0, 0.05) is 10.5 Å². The van der Waals surface area contributed by atoms with Crippen molar-refractivity contribution in [3.05, 3.63) is 34.4 Å². The van der Waals surface area contributed by atoms with E-state index >= 15 is 0 Å². The Balaban J connectivity index is 1.81. The Morgan fingerprint density at radius 1 is 0.643 bits per heavy atom. The molecule has 2 heterocycles. The molecular weight excluding hydrogens is 380 g/mol. The average molecular weight is 413 g/mol. The molecule has 0 saturated heterocycles. The molecule has 4 rings (SSSR count). The molecule has 0 radical (unpaired) electrons. The normalized spacial score (nSPS) is 16.4. The second kappa shape index (κ2) is 8.79. The van der Waals surface area contributed by atoms with E-state index in [9.17, 15) is 0 Å². The number of thioether (sulfide) groups is 2. The highest BCUT2D eigenvalue weighted by Crippen LogP contribution is 2.38. The number of hydrogen-bond acceptors (Lipinski definition) is 4. The summed E-state index contributed by atoms with van der Waals surface area (Å²) in [7, 11) is 0. The second-order valence-electron chi connectivity index (χ2n) is 8.65. The van der Waals surface area contributed by atoms with E-state index < -0.39 is 0 Å². The van der Waals surface area contributed by atoms with Crippen LogP contribution in [-0.4, -0.2) is 20.5 Å². The van der Waals surface area contributed by atoms with E-state index in [0.717, 1.165) is 11.4 Å². The SMILES string of the molecule is CC(C)Sc1nc(-c2cc3c(c(SC(C)C)n2)CCC3)cc2c1CCCCC2. The lowest BCUT2D eigenvalue weighted by atomic mass is 10.0. The molecule has 0 unspecified atom stereocenters. The van der Waals surface area contributed by atoms with Crippen LogP contribution in [0.15, 0.2) is 22.2 Å². The molecule has 0 saturated carbocycles. The summed E-state index contributed by atoms with van der Waals surface area (Å²) in [6.45, 7) is 9.07. The summed E-state index contributed by atoms with van der Waals surface area (Å²) >= 11 is 3.84. The van der Waals surface area contributed by atoms with Gasteiger partial charge in [0.15, 0.2) is 0 Å². The van der Waals surface area contributed by atoms with Crippen LogP contribution in [0.25, 0.3) is 11.4 Å². The van der Waals surface area contributed by atoms with Crippen LogP contribution >= 0.6 is 23.5 Å². The molecule has 2 aliphatic rings. The first-order valence-electron chi connectivity index (χ1n) is 10.9. The van der Waals surface area contributed by atoms with Gasteiger partial charge in [-0.05, 0) is 79.3 Å². The van der Waals surface area contributed by atoms with Crippen LogP contribution in [0.2, 0.25) is 0 Å². The lowest BCUT2D eigenvalue weighted by Gasteiger charge is -2.17. The molecular formula is C24H32N2S2. The van der Waals surface area contributed by atoms with Gasteiger partial charge in [0.25, 0.3) is 0 Å². The number of hydrogen-bond donors (Lipinski definition) is 0. The highest BCUT2D eigenvalue weighted by molar-refractivity contribution is 8.00. The van der Waals surface area contributed by atoms with Crippen molar-refractivity contribution in [3.63, 3.8) is 0 Å². The molecule has 2 aliphatic carbocycles. The maximum atomic E-state index is 5.18. The van der Waals surface area contributed by atoms with Crippen LogP contribution in [0.1, 0.15) is 75.6 Å². The molecule has 4 heteroatoms. The van der Waals surface area contributed by atoms with Crippen LogP contribution < -0.4 is 0 Å². The van der Waals surface area contributed by atoms with Crippen molar-refractivity contribution < 1.29 is 0 Å². The highest BCUT2D eigenvalue weighted by atomic mass is 32.2. The lowest BCUT2D eigenvalue weighted by molar-refractivity contribution is 0.709. The number of nitrogens with zero attached hydrogens (tertiary/aromatic N) is 2. The summed E-state index contributed by atoms with van der Waals surface area (Å²) in [5, 5.41) is 3.61. The minimum atomic E-state index is 0.551. The molecule has 2 aromatic heterocycles. The van der Waals surface area contributed by atoms with Gasteiger partial charge in [-0.2, -0.15) is 0 Å². The average Bonchev–Trinajstić information content (AvgIpc) is 2.98. The second-order valence-corrected chi connectivity index (χ2v) is 11.8. The zero-order valence-corrected chi connectivity index (χ0v) is 19.3. The van der Waals surface area contributed by atoms with Gasteiger partial charge in [0.2, 0.25) is 0 Å². The Morgan fingerprint density at radius 3 is 1.64 bits per heavy atom. The minimum Gasteiger partial charge on any atom is -0.240 e. The standard InChI is InChI=1S/C24H32N2S2/c1-15(2)27-23-19-11-7-5-6-9-17(19)13-21(25-23)22-14-18-10-8-12-20(18)24(26-22)28-16(3)4/h13-16H,5-12H2,1-4H3. The predicted molar refractivity (Wildman–Crippen MR) is 123 cm³/mol. The molecule has 2 nitrogen and oxygen atoms in total. The van der Waals surface area contributed by atoms with E-state index in [4.69, 9.17) is 9.97 Å². The van der Waals surface area contributed by atoms with E-state index in [-0.39, 0.29) is 0 Å². The first kappa shape index (κ1) is 20.3. The van der Waals surface area contributed by atoms with E-state index in [1.54, 1.807) is 0 Å². The summed E-state index contributed by atoms with van der Waals surface area (Å²) in [5.74, 6) is 0. The van der Waals surface area contributed by atoms with Crippen LogP contribution in [0.4, 0.5) is 0 Å². The zero-order valence-electron chi connectivity index (χ0n) is 17.7. The predicted octanol–water partition coefficient (Wildman–Crippen LogP) is 6.90. The zero-order chi connectivity index (χ0) is 19.7. The molecule has 150 valence electrons. The third kappa shape index (κ3) is 4.43. The van der Waals surface area contributed by atoms with E-state index in [0.29, 0.717) is 10.5 Å². The Kier molecular flexibility index (Phi) is 6.37. The number of aryl methyl sites for hydroxylation is 2. The Morgan fingerprint density at radius 2 is 1.11 bits per heavy atom. The fourth-order valence-electron chi connectivity index (χ4n) is 4.33. The van der Waals surface area contributed by atoms with Gasteiger partial charge >= 0.3 is 0 Å². The van der Waals surface area contributed by atoms with Crippen molar-refractivity contribution in [2.75, 3.05) is 0 Å². The van der Waals surface area contributed by atoms with E-state index in [1.165, 1.54) is 83.7 Å². The fourth-order valence-corrected chi connectivity index (χ4v) is 6.28. The maximum absolute atomic E-state index is 5.18. The number of pyridine rings is 2. The summed E-state index contributed by atoms with van der Waals surface area (Å²) in [5.41, 5.74) is 8.20. The number of rotatable bonds is 5. The summed E-state index contributed by atoms with van der Waals surface area (Å²) in [6.07, 6.45) is 9.94. The van der Waals surface area contributed by atoms with Crippen molar-refractivity contribution in [3.8, 4) is 11.4 Å². The van der Waals surface area contributed by atoms with Crippen LogP contribution in [0.3, 0.4) is 0 Å². The molecule has 0 aliphatic heterocycles. The van der Waals surface area contributed by atoms with Crippen LogP contribution in [-0.2, 0) is 25.7 Å². The monoisotopic (exact) mass is 412 g/mol. The summed E-state index contributed by atoms with van der Waals surface area (Å²) in [4.78, 5) is 10.3. The number of fused-ring (bicyclic) bond motifs is 2. The molecule has 0 aromatic carbocycles. The van der Waals surface area contributed by atoms with Gasteiger partial charge in [-0.1, -0.05) is 34.1 Å². The molecule has 0 atom stereocenters. The topological polar surface area (TPSA) is 25.8 Å².